The maximum absolute atomic E-state index is 6.19. The number of anilines is 2. The van der Waals surface area contributed by atoms with Crippen molar-refractivity contribution in [3.63, 3.8) is 0 Å². The van der Waals surface area contributed by atoms with Crippen LogP contribution in [-0.2, 0) is 0 Å². The molecule has 0 aliphatic heterocycles. The molecule has 0 atom stereocenters. The molecule has 94 valence electrons. The molecular formula is C14H11ClN4. The summed E-state index contributed by atoms with van der Waals surface area (Å²) in [5.74, 6) is 0.361. The molecule has 3 aromatic rings. The van der Waals surface area contributed by atoms with E-state index in [2.05, 4.69) is 9.97 Å². The maximum atomic E-state index is 6.19. The molecule has 19 heavy (non-hydrogen) atoms. The fraction of sp³-hybridized carbons (Fsp3) is 0. The molecule has 4 nitrogen and oxygen atoms in total. The monoisotopic (exact) mass is 270 g/mol. The van der Waals surface area contributed by atoms with Crippen LogP contribution in [0.1, 0.15) is 0 Å². The quantitative estimate of drug-likeness (QED) is 0.712. The highest BCUT2D eigenvalue weighted by molar-refractivity contribution is 6.35. The number of nitrogens with zero attached hydrogens (tertiary/aromatic N) is 2. The van der Waals surface area contributed by atoms with Crippen molar-refractivity contribution in [1.29, 1.82) is 0 Å². The van der Waals surface area contributed by atoms with Gasteiger partial charge in [-0.1, -0.05) is 23.7 Å². The zero-order chi connectivity index (χ0) is 13.4. The van der Waals surface area contributed by atoms with Gasteiger partial charge in [-0.25, -0.2) is 4.98 Å². The molecule has 0 unspecified atom stereocenters. The number of hydrogen-bond acceptors (Lipinski definition) is 4. The molecular weight excluding hydrogens is 260 g/mol. The lowest BCUT2D eigenvalue weighted by atomic mass is 10.0. The van der Waals surface area contributed by atoms with Crippen molar-refractivity contribution < 1.29 is 0 Å². The highest BCUT2D eigenvalue weighted by atomic mass is 35.5. The van der Waals surface area contributed by atoms with Crippen molar-refractivity contribution in [3.8, 4) is 11.3 Å². The van der Waals surface area contributed by atoms with Gasteiger partial charge in [0.25, 0.3) is 0 Å². The molecule has 0 spiro atoms. The Hall–Kier alpha value is -2.33. The predicted octanol–water partition coefficient (Wildman–Crippen LogP) is 3.11. The molecule has 0 fully saturated rings. The number of hydrogen-bond donors (Lipinski definition) is 2. The summed E-state index contributed by atoms with van der Waals surface area (Å²) in [5, 5.41) is 2.49. The lowest BCUT2D eigenvalue weighted by Gasteiger charge is -2.10. The molecule has 0 saturated heterocycles. The topological polar surface area (TPSA) is 77.8 Å². The van der Waals surface area contributed by atoms with Crippen molar-refractivity contribution >= 4 is 33.9 Å². The summed E-state index contributed by atoms with van der Waals surface area (Å²) in [6, 6.07) is 9.22. The first-order valence-electron chi connectivity index (χ1n) is 5.72. The Labute approximate surface area is 115 Å². The largest absolute Gasteiger partial charge is 0.398 e. The summed E-state index contributed by atoms with van der Waals surface area (Å²) in [4.78, 5) is 8.45. The molecule has 2 aromatic heterocycles. The average molecular weight is 271 g/mol. The Morgan fingerprint density at radius 2 is 1.68 bits per heavy atom. The van der Waals surface area contributed by atoms with Crippen molar-refractivity contribution in [2.24, 2.45) is 0 Å². The summed E-state index contributed by atoms with van der Waals surface area (Å²) < 4.78 is 0. The van der Waals surface area contributed by atoms with Gasteiger partial charge in [-0.2, -0.15) is 0 Å². The summed E-state index contributed by atoms with van der Waals surface area (Å²) in [5.41, 5.74) is 13.8. The van der Waals surface area contributed by atoms with Crippen molar-refractivity contribution in [3.05, 3.63) is 47.7 Å². The summed E-state index contributed by atoms with van der Waals surface area (Å²) in [6.07, 6.45) is 3.27. The molecule has 0 aliphatic carbocycles. The van der Waals surface area contributed by atoms with Gasteiger partial charge in [0, 0.05) is 33.9 Å². The first kappa shape index (κ1) is 11.7. The molecule has 0 radical (unpaired) electrons. The van der Waals surface area contributed by atoms with E-state index in [4.69, 9.17) is 23.1 Å². The number of fused-ring (bicyclic) bond motifs is 1. The van der Waals surface area contributed by atoms with Gasteiger partial charge in [-0.05, 0) is 18.2 Å². The number of aromatic nitrogens is 2. The molecule has 0 amide bonds. The van der Waals surface area contributed by atoms with Crippen LogP contribution in [0.5, 0.6) is 0 Å². The number of pyridine rings is 2. The Morgan fingerprint density at radius 1 is 0.895 bits per heavy atom. The van der Waals surface area contributed by atoms with E-state index in [0.29, 0.717) is 27.8 Å². The Balaban J connectivity index is 2.41. The maximum Gasteiger partial charge on any atom is 0.134 e. The van der Waals surface area contributed by atoms with Gasteiger partial charge in [0.05, 0.1) is 11.3 Å². The summed E-state index contributed by atoms with van der Waals surface area (Å²) >= 11 is 6.19. The zero-order valence-electron chi connectivity index (χ0n) is 9.97. The molecule has 3 rings (SSSR count). The lowest BCUT2D eigenvalue weighted by molar-refractivity contribution is 1.30. The van der Waals surface area contributed by atoms with E-state index < -0.39 is 0 Å². The highest BCUT2D eigenvalue weighted by Crippen LogP contribution is 2.35. The van der Waals surface area contributed by atoms with Crippen LogP contribution in [0.2, 0.25) is 5.02 Å². The van der Waals surface area contributed by atoms with E-state index in [9.17, 15) is 0 Å². The number of halogens is 1. The Morgan fingerprint density at radius 3 is 2.47 bits per heavy atom. The molecule has 0 aliphatic rings. The van der Waals surface area contributed by atoms with Gasteiger partial charge in [-0.15, -0.1) is 0 Å². The normalized spacial score (nSPS) is 10.8. The van der Waals surface area contributed by atoms with Gasteiger partial charge >= 0.3 is 0 Å². The number of rotatable bonds is 1. The van der Waals surface area contributed by atoms with E-state index in [1.165, 1.54) is 0 Å². The molecule has 0 bridgehead atoms. The third-order valence-corrected chi connectivity index (χ3v) is 3.33. The van der Waals surface area contributed by atoms with Gasteiger partial charge in [0.15, 0.2) is 0 Å². The molecule has 2 heterocycles. The predicted molar refractivity (Wildman–Crippen MR) is 78.8 cm³/mol. The minimum absolute atomic E-state index is 0.361. The lowest BCUT2D eigenvalue weighted by Crippen LogP contribution is -2.00. The number of benzene rings is 1. The second-order valence-electron chi connectivity index (χ2n) is 4.15. The molecule has 4 N–H and O–H groups in total. The smallest absolute Gasteiger partial charge is 0.134 e. The van der Waals surface area contributed by atoms with Gasteiger partial charge in [-0.3, -0.25) is 4.98 Å². The standard InChI is InChI=1S/C14H11ClN4/c15-10-3-1-2-9-8(10)4-6-18-13(9)12-11(16)5-7-19-14(12)17/h1-7H,(H4,16,17,19). The third-order valence-electron chi connectivity index (χ3n) is 3.00. The van der Waals surface area contributed by atoms with Crippen LogP contribution in [0.15, 0.2) is 42.7 Å². The van der Waals surface area contributed by atoms with Gasteiger partial charge < -0.3 is 11.5 Å². The average Bonchev–Trinajstić information content (AvgIpc) is 2.39. The third kappa shape index (κ3) is 1.86. The Kier molecular flexibility index (Phi) is 2.72. The van der Waals surface area contributed by atoms with Gasteiger partial charge in [0.2, 0.25) is 0 Å². The minimum Gasteiger partial charge on any atom is -0.398 e. The first-order valence-corrected chi connectivity index (χ1v) is 6.10. The number of nitrogens with two attached hydrogens (primary N) is 2. The first-order chi connectivity index (χ1) is 9.18. The van der Waals surface area contributed by atoms with E-state index in [-0.39, 0.29) is 0 Å². The zero-order valence-corrected chi connectivity index (χ0v) is 10.7. The van der Waals surface area contributed by atoms with Crippen LogP contribution in [0.3, 0.4) is 0 Å². The van der Waals surface area contributed by atoms with Crippen LogP contribution >= 0.6 is 11.6 Å². The Bertz CT molecular complexity index is 750. The van der Waals surface area contributed by atoms with Crippen molar-refractivity contribution in [2.45, 2.75) is 0 Å². The fourth-order valence-corrected chi connectivity index (χ4v) is 2.36. The molecule has 1 aromatic carbocycles. The van der Waals surface area contributed by atoms with Crippen LogP contribution in [0.25, 0.3) is 22.0 Å². The van der Waals surface area contributed by atoms with E-state index in [1.54, 1.807) is 18.5 Å². The summed E-state index contributed by atoms with van der Waals surface area (Å²) in [6.45, 7) is 0. The van der Waals surface area contributed by atoms with E-state index >= 15 is 0 Å². The fourth-order valence-electron chi connectivity index (χ4n) is 2.12. The number of nitrogen functional groups attached to an aromatic ring is 2. The van der Waals surface area contributed by atoms with Crippen LogP contribution in [0, 0.1) is 0 Å². The van der Waals surface area contributed by atoms with E-state index in [1.807, 2.05) is 24.3 Å². The molecule has 5 heteroatoms. The second-order valence-corrected chi connectivity index (χ2v) is 4.56. The van der Waals surface area contributed by atoms with Crippen molar-refractivity contribution in [2.75, 3.05) is 11.5 Å². The van der Waals surface area contributed by atoms with Crippen LogP contribution < -0.4 is 11.5 Å². The van der Waals surface area contributed by atoms with Crippen LogP contribution in [-0.4, -0.2) is 9.97 Å². The van der Waals surface area contributed by atoms with Crippen LogP contribution in [0.4, 0.5) is 11.5 Å². The second kappa shape index (κ2) is 4.40. The van der Waals surface area contributed by atoms with E-state index in [0.717, 1.165) is 10.8 Å². The molecule has 0 saturated carbocycles. The van der Waals surface area contributed by atoms with Gasteiger partial charge in [0.1, 0.15) is 5.82 Å². The minimum atomic E-state index is 0.361. The SMILES string of the molecule is Nc1ccnc(N)c1-c1nccc2c(Cl)cccc12. The summed E-state index contributed by atoms with van der Waals surface area (Å²) in [7, 11) is 0. The van der Waals surface area contributed by atoms with Crippen molar-refractivity contribution in [1.82, 2.24) is 9.97 Å². The highest BCUT2D eigenvalue weighted by Gasteiger charge is 2.13.